The van der Waals surface area contributed by atoms with E-state index in [1.165, 1.54) is 11.3 Å². The first kappa shape index (κ1) is 26.4. The van der Waals surface area contributed by atoms with E-state index >= 15 is 0 Å². The van der Waals surface area contributed by atoms with Crippen LogP contribution in [-0.4, -0.2) is 19.5 Å². The number of rotatable bonds is 6. The highest BCUT2D eigenvalue weighted by Gasteiger charge is 2.21. The number of carbonyl (C=O) groups excluding carboxylic acids is 1. The highest BCUT2D eigenvalue weighted by atomic mass is 32.2. The summed E-state index contributed by atoms with van der Waals surface area (Å²) in [4.78, 5) is 16.8. The molecule has 2 N–H and O–H groups in total. The van der Waals surface area contributed by atoms with Gasteiger partial charge in [0.1, 0.15) is 0 Å². The van der Waals surface area contributed by atoms with Gasteiger partial charge in [0.2, 0.25) is 0 Å². The van der Waals surface area contributed by atoms with Gasteiger partial charge in [0, 0.05) is 39.4 Å². The monoisotopic (exact) mass is 557 g/mol. The van der Waals surface area contributed by atoms with Gasteiger partial charge in [-0.25, -0.2) is 13.2 Å². The van der Waals surface area contributed by atoms with Gasteiger partial charge < -0.3 is 4.74 Å². The molecule has 0 saturated carbocycles. The van der Waals surface area contributed by atoms with E-state index in [4.69, 9.17) is 4.74 Å². The molecule has 0 bridgehead atoms. The number of thiophene rings is 1. The number of ether oxygens (including phenoxy) is 1. The third kappa shape index (κ3) is 5.94. The fourth-order valence-electron chi connectivity index (χ4n) is 4.10. The highest BCUT2D eigenvalue weighted by Crippen LogP contribution is 2.45. The normalized spacial score (nSPS) is 11.8. The molecule has 0 aliphatic heterocycles. The second-order valence-corrected chi connectivity index (χ2v) is 12.7. The van der Waals surface area contributed by atoms with Crippen LogP contribution >= 0.6 is 11.3 Å². The number of aromatic nitrogens is 1. The van der Waals surface area contributed by atoms with Crippen LogP contribution in [-0.2, 0) is 15.4 Å². The molecule has 3 aromatic carbocycles. The fourth-order valence-corrected chi connectivity index (χ4v) is 6.20. The maximum absolute atomic E-state index is 13.2. The van der Waals surface area contributed by atoms with Crippen molar-refractivity contribution in [3.8, 4) is 16.2 Å². The quantitative estimate of drug-likeness (QED) is 0.223. The van der Waals surface area contributed by atoms with Gasteiger partial charge in [-0.15, -0.1) is 0 Å². The van der Waals surface area contributed by atoms with Crippen molar-refractivity contribution in [3.63, 3.8) is 0 Å². The number of fused-ring (bicyclic) bond motifs is 1. The Labute approximate surface area is 231 Å². The van der Waals surface area contributed by atoms with E-state index in [0.717, 1.165) is 21.2 Å². The van der Waals surface area contributed by atoms with Crippen LogP contribution in [0.25, 0.3) is 21.2 Å². The van der Waals surface area contributed by atoms with Crippen LogP contribution in [0.4, 0.5) is 16.2 Å². The molecule has 0 aliphatic rings. The topological polar surface area (TPSA) is 97.4 Å². The van der Waals surface area contributed by atoms with Gasteiger partial charge in [0.05, 0.1) is 4.90 Å². The number of nitrogens with one attached hydrogen (secondary N) is 2. The summed E-state index contributed by atoms with van der Waals surface area (Å²) >= 11 is 1.31. The summed E-state index contributed by atoms with van der Waals surface area (Å²) in [7, 11) is -3.82. The molecular formula is C30H27N3O4S2. The Morgan fingerprint density at radius 1 is 0.872 bits per heavy atom. The predicted octanol–water partition coefficient (Wildman–Crippen LogP) is 7.67. The fraction of sp³-hybridized carbons (Fsp3) is 0.133. The van der Waals surface area contributed by atoms with Crippen LogP contribution in [0.15, 0.2) is 102 Å². The predicted molar refractivity (Wildman–Crippen MR) is 157 cm³/mol. The Bertz CT molecular complexity index is 1730. The van der Waals surface area contributed by atoms with Gasteiger partial charge >= 0.3 is 6.09 Å². The Kier molecular flexibility index (Phi) is 7.12. The Morgan fingerprint density at radius 3 is 2.23 bits per heavy atom. The Balaban J connectivity index is 1.48. The second-order valence-electron chi connectivity index (χ2n) is 9.97. The van der Waals surface area contributed by atoms with Crippen LogP contribution in [0.2, 0.25) is 0 Å². The Morgan fingerprint density at radius 2 is 1.56 bits per heavy atom. The molecule has 0 fully saturated rings. The molecule has 198 valence electrons. The molecule has 0 spiro atoms. The van der Waals surface area contributed by atoms with Crippen LogP contribution in [0.3, 0.4) is 0 Å². The lowest BCUT2D eigenvalue weighted by Gasteiger charge is -2.19. The number of anilines is 2. The summed E-state index contributed by atoms with van der Waals surface area (Å²) in [6, 6.07) is 25.1. The first-order valence-electron chi connectivity index (χ1n) is 12.2. The van der Waals surface area contributed by atoms with Crippen molar-refractivity contribution in [1.29, 1.82) is 0 Å². The number of hydrogen-bond acceptors (Lipinski definition) is 6. The van der Waals surface area contributed by atoms with Gasteiger partial charge in [-0.2, -0.15) is 0 Å². The molecule has 1 amide bonds. The van der Waals surface area contributed by atoms with Crippen molar-refractivity contribution in [1.82, 2.24) is 4.98 Å². The van der Waals surface area contributed by atoms with Crippen molar-refractivity contribution >= 4 is 48.9 Å². The summed E-state index contributed by atoms with van der Waals surface area (Å²) in [5.41, 5.74) is 3.48. The molecule has 7 nitrogen and oxygen atoms in total. The lowest BCUT2D eigenvalue weighted by Crippen LogP contribution is -2.16. The van der Waals surface area contributed by atoms with Gasteiger partial charge in [-0.05, 0) is 59.0 Å². The van der Waals surface area contributed by atoms with Crippen LogP contribution in [0, 0.1) is 0 Å². The van der Waals surface area contributed by atoms with Crippen LogP contribution in [0.5, 0.6) is 5.06 Å². The average molecular weight is 558 g/mol. The molecule has 0 atom stereocenters. The van der Waals surface area contributed by atoms with Crippen molar-refractivity contribution < 1.29 is 17.9 Å². The maximum atomic E-state index is 13.2. The largest absolute Gasteiger partial charge is 0.417 e. The lowest BCUT2D eigenvalue weighted by molar-refractivity contribution is 0.216. The number of sulfonamides is 1. The van der Waals surface area contributed by atoms with E-state index in [-0.39, 0.29) is 10.3 Å². The first-order chi connectivity index (χ1) is 18.6. The molecule has 0 radical (unpaired) electrons. The van der Waals surface area contributed by atoms with E-state index < -0.39 is 16.1 Å². The number of amides is 1. The van der Waals surface area contributed by atoms with Crippen LogP contribution in [0.1, 0.15) is 26.3 Å². The molecule has 0 unspecified atom stereocenters. The van der Waals surface area contributed by atoms with Crippen molar-refractivity contribution in [2.75, 3.05) is 10.0 Å². The molecular weight excluding hydrogens is 530 g/mol. The zero-order chi connectivity index (χ0) is 27.6. The van der Waals surface area contributed by atoms with Crippen molar-refractivity contribution in [3.05, 3.63) is 103 Å². The number of pyridine rings is 1. The second kappa shape index (κ2) is 10.5. The van der Waals surface area contributed by atoms with E-state index in [0.29, 0.717) is 22.0 Å². The van der Waals surface area contributed by atoms with Crippen molar-refractivity contribution in [2.24, 2.45) is 0 Å². The molecule has 0 aliphatic carbocycles. The maximum Gasteiger partial charge on any atom is 0.417 e. The van der Waals surface area contributed by atoms with E-state index in [9.17, 15) is 13.2 Å². The zero-order valence-electron chi connectivity index (χ0n) is 21.6. The molecule has 0 saturated heterocycles. The minimum absolute atomic E-state index is 0.0808. The first-order valence-corrected chi connectivity index (χ1v) is 14.5. The van der Waals surface area contributed by atoms with Gasteiger partial charge in [-0.1, -0.05) is 74.6 Å². The smallest absolute Gasteiger partial charge is 0.398 e. The Hall–Kier alpha value is -4.21. The van der Waals surface area contributed by atoms with Gasteiger partial charge in [-0.3, -0.25) is 15.0 Å². The SMILES string of the molecule is CC(C)(C)c1ccc(S(=O)(=O)Nc2ccc3sc(OC(=O)Nc4ccncc4)c(-c4ccccc4)c3c2)cc1. The van der Waals surface area contributed by atoms with Crippen molar-refractivity contribution in [2.45, 2.75) is 31.1 Å². The number of carbonyl (C=O) groups is 1. The molecule has 5 rings (SSSR count). The summed E-state index contributed by atoms with van der Waals surface area (Å²) in [5, 5.41) is 3.87. The number of hydrogen-bond donors (Lipinski definition) is 2. The van der Waals surface area contributed by atoms with E-state index in [1.807, 2.05) is 48.5 Å². The minimum Gasteiger partial charge on any atom is -0.398 e. The average Bonchev–Trinajstić information content (AvgIpc) is 3.26. The van der Waals surface area contributed by atoms with Gasteiger partial charge in [0.15, 0.2) is 5.06 Å². The van der Waals surface area contributed by atoms with Crippen LogP contribution < -0.4 is 14.8 Å². The molecule has 2 heterocycles. The summed E-state index contributed by atoms with van der Waals surface area (Å²) < 4.78 is 35.7. The molecule has 2 aromatic heterocycles. The van der Waals surface area contributed by atoms with E-state index in [2.05, 4.69) is 35.8 Å². The molecule has 9 heteroatoms. The number of benzene rings is 3. The molecule has 39 heavy (non-hydrogen) atoms. The lowest BCUT2D eigenvalue weighted by atomic mass is 9.87. The van der Waals surface area contributed by atoms with E-state index in [1.54, 1.807) is 48.8 Å². The summed E-state index contributed by atoms with van der Waals surface area (Å²) in [5.74, 6) is 0. The third-order valence-corrected chi connectivity index (χ3v) is 8.56. The standard InChI is InChI=1S/C30H27N3O4S2/c1-30(2,3)21-9-12-24(13-10-21)39(35,36)33-23-11-14-26-25(19-23)27(20-7-5-4-6-8-20)28(38-26)37-29(34)32-22-15-17-31-18-16-22/h4-19,33H,1-3H3,(H,31,32,34). The highest BCUT2D eigenvalue weighted by molar-refractivity contribution is 7.92. The number of nitrogens with zero attached hydrogens (tertiary/aromatic N) is 1. The minimum atomic E-state index is -3.82. The van der Waals surface area contributed by atoms with Gasteiger partial charge in [0.25, 0.3) is 10.0 Å². The molecule has 5 aromatic rings. The zero-order valence-corrected chi connectivity index (χ0v) is 23.3. The summed E-state index contributed by atoms with van der Waals surface area (Å²) in [6.45, 7) is 6.24. The summed E-state index contributed by atoms with van der Waals surface area (Å²) in [6.07, 6.45) is 2.52. The third-order valence-electron chi connectivity index (χ3n) is 6.11.